The Hall–Kier alpha value is -1.61. The molecular formula is C28H47N3. The van der Waals surface area contributed by atoms with Crippen LogP contribution in [0.15, 0.2) is 36.5 Å². The molecule has 0 bridgehead atoms. The van der Waals surface area contributed by atoms with Crippen LogP contribution in [-0.4, -0.2) is 9.97 Å². The Morgan fingerprint density at radius 3 is 2.03 bits per heavy atom. The molecule has 0 radical (unpaired) electrons. The lowest BCUT2D eigenvalue weighted by atomic mass is 9.74. The number of benzene rings is 1. The van der Waals surface area contributed by atoms with E-state index in [0.29, 0.717) is 5.92 Å². The van der Waals surface area contributed by atoms with Crippen molar-refractivity contribution >= 4 is 0 Å². The maximum absolute atomic E-state index is 7.34. The molecule has 0 aliphatic carbocycles. The number of nitrogens with one attached hydrogen (secondary N) is 1. The quantitative estimate of drug-likeness (QED) is 0.250. The van der Waals surface area contributed by atoms with Crippen LogP contribution in [0.3, 0.4) is 0 Å². The number of nitrogens with zero attached hydrogens (tertiary/aromatic N) is 1. The predicted octanol–water partition coefficient (Wildman–Crippen LogP) is 8.37. The van der Waals surface area contributed by atoms with Crippen LogP contribution in [0.4, 0.5) is 0 Å². The summed E-state index contributed by atoms with van der Waals surface area (Å²) in [5, 5.41) is 0. The number of imidazole rings is 1. The number of hydrogen-bond donors (Lipinski definition) is 2. The largest absolute Gasteiger partial charge is 0.340 e. The van der Waals surface area contributed by atoms with Crippen molar-refractivity contribution in [2.75, 3.05) is 0 Å². The molecule has 2 atom stereocenters. The van der Waals surface area contributed by atoms with E-state index < -0.39 is 0 Å². The Morgan fingerprint density at radius 2 is 1.39 bits per heavy atom. The topological polar surface area (TPSA) is 54.7 Å². The number of aromatic nitrogens is 2. The normalized spacial score (nSPS) is 14.5. The molecule has 2 aromatic rings. The van der Waals surface area contributed by atoms with Crippen LogP contribution in [0.25, 0.3) is 11.3 Å². The summed E-state index contributed by atoms with van der Waals surface area (Å²) in [4.78, 5) is 8.52. The molecular weight excluding hydrogens is 378 g/mol. The lowest BCUT2D eigenvalue weighted by Gasteiger charge is -2.37. The van der Waals surface area contributed by atoms with Gasteiger partial charge in [-0.1, -0.05) is 122 Å². The van der Waals surface area contributed by atoms with Gasteiger partial charge in [-0.2, -0.15) is 0 Å². The van der Waals surface area contributed by atoms with Crippen LogP contribution in [0.1, 0.15) is 116 Å². The third kappa shape index (κ3) is 8.11. The van der Waals surface area contributed by atoms with Crippen molar-refractivity contribution in [3.8, 4) is 11.3 Å². The zero-order chi connectivity index (χ0) is 22.4. The number of H-pyrrole nitrogens is 1. The second-order valence-electron chi connectivity index (χ2n) is 9.40. The van der Waals surface area contributed by atoms with E-state index in [1.54, 1.807) is 0 Å². The van der Waals surface area contributed by atoms with Crippen molar-refractivity contribution in [2.24, 2.45) is 11.7 Å². The number of rotatable bonds is 17. The lowest BCUT2D eigenvalue weighted by molar-refractivity contribution is 0.199. The van der Waals surface area contributed by atoms with Crippen LogP contribution >= 0.6 is 0 Å². The maximum Gasteiger partial charge on any atom is 0.126 e. The molecule has 3 N–H and O–H groups in total. The van der Waals surface area contributed by atoms with Crippen molar-refractivity contribution in [3.05, 3.63) is 42.4 Å². The van der Waals surface area contributed by atoms with Crippen LogP contribution in [0.5, 0.6) is 0 Å². The SMILES string of the molecule is CCCCCCC(CCCCC)C(N)(CCCCCC)c1ncc(-c2ccccc2)[nH]1. The van der Waals surface area contributed by atoms with Gasteiger partial charge in [-0.05, 0) is 30.7 Å². The molecule has 0 spiro atoms. The van der Waals surface area contributed by atoms with Gasteiger partial charge in [-0.25, -0.2) is 4.98 Å². The zero-order valence-corrected chi connectivity index (χ0v) is 20.5. The molecule has 31 heavy (non-hydrogen) atoms. The first-order chi connectivity index (χ1) is 15.2. The Bertz CT molecular complexity index is 693. The first-order valence-electron chi connectivity index (χ1n) is 13.0. The second kappa shape index (κ2) is 14.5. The van der Waals surface area contributed by atoms with Crippen molar-refractivity contribution in [1.29, 1.82) is 0 Å². The van der Waals surface area contributed by atoms with Crippen LogP contribution in [-0.2, 0) is 5.54 Å². The van der Waals surface area contributed by atoms with Crippen molar-refractivity contribution in [3.63, 3.8) is 0 Å². The smallest absolute Gasteiger partial charge is 0.126 e. The molecule has 2 rings (SSSR count). The standard InChI is InChI=1S/C28H47N3/c1-4-7-10-16-21-25(20-13-9-6-3)28(29,22-17-11-8-5-2)27-30-23-26(31-27)24-18-14-12-15-19-24/h12,14-15,18-19,23,25H,4-11,13,16-17,20-22,29H2,1-3H3,(H,30,31). The van der Waals surface area contributed by atoms with E-state index in [0.717, 1.165) is 17.9 Å². The highest BCUT2D eigenvalue weighted by atomic mass is 15.0. The summed E-state index contributed by atoms with van der Waals surface area (Å²) in [6.07, 6.45) is 19.5. The third-order valence-electron chi connectivity index (χ3n) is 6.84. The van der Waals surface area contributed by atoms with E-state index in [1.165, 1.54) is 89.0 Å². The lowest BCUT2D eigenvalue weighted by Crippen LogP contribution is -2.45. The molecule has 174 valence electrons. The number of aromatic amines is 1. The molecule has 0 saturated carbocycles. The molecule has 1 heterocycles. The van der Waals surface area contributed by atoms with E-state index >= 15 is 0 Å². The summed E-state index contributed by atoms with van der Waals surface area (Å²) in [7, 11) is 0. The van der Waals surface area contributed by atoms with Crippen molar-refractivity contribution in [2.45, 2.75) is 116 Å². The van der Waals surface area contributed by atoms with Crippen molar-refractivity contribution < 1.29 is 0 Å². The van der Waals surface area contributed by atoms with Gasteiger partial charge >= 0.3 is 0 Å². The van der Waals surface area contributed by atoms with Crippen molar-refractivity contribution in [1.82, 2.24) is 9.97 Å². The minimum absolute atomic E-state index is 0.360. The van der Waals surface area contributed by atoms with Gasteiger partial charge in [0.1, 0.15) is 5.82 Å². The Morgan fingerprint density at radius 1 is 0.806 bits per heavy atom. The molecule has 0 fully saturated rings. The maximum atomic E-state index is 7.34. The molecule has 2 unspecified atom stereocenters. The Labute approximate surface area is 191 Å². The van der Waals surface area contributed by atoms with Gasteiger partial charge in [0.25, 0.3) is 0 Å². The first kappa shape index (κ1) is 25.6. The summed E-state index contributed by atoms with van der Waals surface area (Å²) < 4.78 is 0. The number of nitrogens with two attached hydrogens (primary N) is 1. The molecule has 0 saturated heterocycles. The fraction of sp³-hybridized carbons (Fsp3) is 0.679. The molecule has 0 amide bonds. The summed E-state index contributed by atoms with van der Waals surface area (Å²) in [6, 6.07) is 10.5. The molecule has 3 nitrogen and oxygen atoms in total. The highest BCUT2D eigenvalue weighted by Crippen LogP contribution is 2.38. The average Bonchev–Trinajstić information content (AvgIpc) is 3.30. The third-order valence-corrected chi connectivity index (χ3v) is 6.84. The van der Waals surface area contributed by atoms with Crippen LogP contribution in [0.2, 0.25) is 0 Å². The van der Waals surface area contributed by atoms with Gasteiger partial charge < -0.3 is 10.7 Å². The Kier molecular flexibility index (Phi) is 12.0. The molecule has 0 aliphatic rings. The van der Waals surface area contributed by atoms with Gasteiger partial charge in [0.05, 0.1) is 17.4 Å². The van der Waals surface area contributed by atoms with Crippen LogP contribution in [0, 0.1) is 5.92 Å². The van der Waals surface area contributed by atoms with Gasteiger partial charge in [0.2, 0.25) is 0 Å². The summed E-state index contributed by atoms with van der Waals surface area (Å²) in [6.45, 7) is 6.85. The van der Waals surface area contributed by atoms with Gasteiger partial charge in [-0.3, -0.25) is 0 Å². The highest BCUT2D eigenvalue weighted by Gasteiger charge is 2.38. The molecule has 0 aliphatic heterocycles. The number of hydrogen-bond acceptors (Lipinski definition) is 2. The van der Waals surface area contributed by atoms with Gasteiger partial charge in [0.15, 0.2) is 0 Å². The number of unbranched alkanes of at least 4 members (excludes halogenated alkanes) is 8. The average molecular weight is 426 g/mol. The monoisotopic (exact) mass is 425 g/mol. The van der Waals surface area contributed by atoms with E-state index in [1.807, 2.05) is 6.20 Å². The zero-order valence-electron chi connectivity index (χ0n) is 20.5. The van der Waals surface area contributed by atoms with E-state index in [4.69, 9.17) is 10.7 Å². The van der Waals surface area contributed by atoms with Gasteiger partial charge in [-0.15, -0.1) is 0 Å². The fourth-order valence-corrected chi connectivity index (χ4v) is 4.80. The summed E-state index contributed by atoms with van der Waals surface area (Å²) >= 11 is 0. The minimum atomic E-state index is -0.360. The van der Waals surface area contributed by atoms with E-state index in [-0.39, 0.29) is 5.54 Å². The van der Waals surface area contributed by atoms with E-state index in [2.05, 4.69) is 56.1 Å². The minimum Gasteiger partial charge on any atom is -0.340 e. The second-order valence-corrected chi connectivity index (χ2v) is 9.40. The van der Waals surface area contributed by atoms with Crippen LogP contribution < -0.4 is 5.73 Å². The predicted molar refractivity (Wildman–Crippen MR) is 135 cm³/mol. The Balaban J connectivity index is 2.25. The first-order valence-corrected chi connectivity index (χ1v) is 13.0. The molecule has 1 aromatic heterocycles. The summed E-state index contributed by atoms with van der Waals surface area (Å²) in [5.74, 6) is 1.49. The molecule has 3 heteroatoms. The summed E-state index contributed by atoms with van der Waals surface area (Å²) in [5.41, 5.74) is 9.24. The van der Waals surface area contributed by atoms with E-state index in [9.17, 15) is 0 Å². The fourth-order valence-electron chi connectivity index (χ4n) is 4.80. The molecule has 1 aromatic carbocycles. The van der Waals surface area contributed by atoms with Gasteiger partial charge in [0, 0.05) is 0 Å². The highest BCUT2D eigenvalue weighted by molar-refractivity contribution is 5.58.